The van der Waals surface area contributed by atoms with E-state index in [-0.39, 0.29) is 12.8 Å². The molecular weight excluding hydrogens is 936 g/mol. The maximum atomic E-state index is 15.1. The molecule has 374 valence electrons. The van der Waals surface area contributed by atoms with Crippen LogP contribution in [0.2, 0.25) is 18.1 Å². The summed E-state index contributed by atoms with van der Waals surface area (Å²) in [6, 6.07) is 1.09. The van der Waals surface area contributed by atoms with Crippen LogP contribution >= 0.6 is 0 Å². The molecule has 0 radical (unpaired) electrons. The van der Waals surface area contributed by atoms with Crippen molar-refractivity contribution >= 4 is 26.4 Å². The number of rotatable bonds is 38. The van der Waals surface area contributed by atoms with E-state index in [2.05, 4.69) is 18.9 Å². The Balaban J connectivity index is 5.94. The molecule has 0 atom stereocenters. The zero-order chi connectivity index (χ0) is 48.2. The van der Waals surface area contributed by atoms with Crippen LogP contribution in [-0.2, 0) is 58.8 Å². The van der Waals surface area contributed by atoms with E-state index in [9.17, 15) is 48.3 Å². The molecule has 62 heavy (non-hydrogen) atoms. The molecule has 0 N–H and O–H groups in total. The van der Waals surface area contributed by atoms with E-state index in [0.717, 1.165) is 0 Å². The summed E-state index contributed by atoms with van der Waals surface area (Å²) in [5, 5.41) is 0. The third-order valence-electron chi connectivity index (χ3n) is 9.81. The molecule has 0 saturated carbocycles. The molecule has 0 bridgehead atoms. The highest BCUT2D eigenvalue weighted by molar-refractivity contribution is 6.61. The van der Waals surface area contributed by atoms with Gasteiger partial charge < -0.3 is 49.3 Å². The molecule has 0 aliphatic carbocycles. The highest BCUT2D eigenvalue weighted by Crippen LogP contribution is 2.45. The molecule has 0 amide bonds. The average Bonchev–Trinajstić information content (AvgIpc) is 3.15. The molecule has 13 nitrogen and oxygen atoms in total. The van der Waals surface area contributed by atoms with Crippen molar-refractivity contribution in [3.05, 3.63) is 0 Å². The van der Waals surface area contributed by atoms with Crippen LogP contribution in [0, 0.1) is 5.41 Å². The number of hydrogen-bond acceptors (Lipinski definition) is 13. The summed E-state index contributed by atoms with van der Waals surface area (Å²) in [6.45, 7) is -8.82. The summed E-state index contributed by atoms with van der Waals surface area (Å²) in [6.07, 6.45) is -22.8. The first-order chi connectivity index (χ1) is 28.4. The van der Waals surface area contributed by atoms with Crippen LogP contribution in [0.25, 0.3) is 0 Å². The molecule has 0 saturated heterocycles. The number of alkyl halides is 13. The Labute approximate surface area is 356 Å². The molecule has 0 spiro atoms. The minimum atomic E-state index is -5.92. The number of hydrogen-bond donors (Lipinski definition) is 0. The van der Waals surface area contributed by atoms with Gasteiger partial charge in [-0.3, -0.25) is 4.74 Å². The van der Waals surface area contributed by atoms with Crippen LogP contribution in [0.1, 0.15) is 64.2 Å². The second kappa shape index (κ2) is 26.5. The Bertz CT molecular complexity index is 1130. The van der Waals surface area contributed by atoms with Gasteiger partial charge in [-0.15, -0.1) is 13.2 Å². The fourth-order valence-electron chi connectivity index (χ4n) is 6.73. The first-order valence-electron chi connectivity index (χ1n) is 18.9. The van der Waals surface area contributed by atoms with E-state index >= 15 is 8.78 Å². The summed E-state index contributed by atoms with van der Waals surface area (Å²) in [7, 11) is 3.73. The van der Waals surface area contributed by atoms with Gasteiger partial charge in [0.2, 0.25) is 0 Å². The van der Waals surface area contributed by atoms with Gasteiger partial charge in [-0.05, 0) is 56.8 Å². The van der Waals surface area contributed by atoms with Crippen molar-refractivity contribution in [1.82, 2.24) is 0 Å². The van der Waals surface area contributed by atoms with E-state index in [4.69, 9.17) is 39.8 Å². The van der Waals surface area contributed by atoms with Crippen LogP contribution in [0.5, 0.6) is 0 Å². The zero-order valence-electron chi connectivity index (χ0n) is 36.2. The van der Waals surface area contributed by atoms with Gasteiger partial charge in [0.15, 0.2) is 0 Å². The minimum Gasteiger partial charge on any atom is -0.377 e. The van der Waals surface area contributed by atoms with Gasteiger partial charge in [-0.25, -0.2) is 22.3 Å². The van der Waals surface area contributed by atoms with Gasteiger partial charge in [-0.2, -0.15) is 26.3 Å². The maximum absolute atomic E-state index is 15.1. The number of ether oxygens (including phenoxy) is 4. The fraction of sp³-hybridized carbons (Fsp3) is 1.00. The van der Waals surface area contributed by atoms with Crippen molar-refractivity contribution in [1.29, 1.82) is 0 Å². The van der Waals surface area contributed by atoms with Gasteiger partial charge in [-0.1, -0.05) is 0 Å². The van der Waals surface area contributed by atoms with Gasteiger partial charge >= 0.3 is 51.1 Å². The van der Waals surface area contributed by atoms with Crippen molar-refractivity contribution in [2.45, 2.75) is 119 Å². The van der Waals surface area contributed by atoms with Gasteiger partial charge in [0, 0.05) is 88.5 Å². The maximum Gasteiger partial charge on any atom is 0.527 e. The van der Waals surface area contributed by atoms with Crippen LogP contribution < -0.4 is 0 Å². The van der Waals surface area contributed by atoms with Crippen molar-refractivity contribution in [2.24, 2.45) is 5.41 Å². The molecule has 0 heterocycles. The predicted octanol–water partition coefficient (Wildman–Crippen LogP) is 9.14. The Morgan fingerprint density at radius 3 is 0.968 bits per heavy atom. The van der Waals surface area contributed by atoms with E-state index in [0.29, 0.717) is 56.7 Å². The van der Waals surface area contributed by atoms with Crippen molar-refractivity contribution in [3.8, 4) is 0 Å². The van der Waals surface area contributed by atoms with Crippen molar-refractivity contribution in [2.75, 3.05) is 90.4 Å². The first kappa shape index (κ1) is 61.2. The largest absolute Gasteiger partial charge is 0.527 e. The summed E-state index contributed by atoms with van der Waals surface area (Å²) in [5.41, 5.74) is -0.672. The molecule has 0 aromatic rings. The fourth-order valence-corrected chi connectivity index (χ4v) is 11.9. The van der Waals surface area contributed by atoms with Gasteiger partial charge in [0.05, 0.1) is 0 Å². The third-order valence-corrected chi connectivity index (χ3v) is 18.3. The van der Waals surface area contributed by atoms with Gasteiger partial charge in [0.1, 0.15) is 32.8 Å². The summed E-state index contributed by atoms with van der Waals surface area (Å²) in [4.78, 5) is 0. The Kier molecular flexibility index (Phi) is 26.2. The van der Waals surface area contributed by atoms with Crippen molar-refractivity contribution in [3.63, 3.8) is 0 Å². The van der Waals surface area contributed by atoms with Crippen LogP contribution in [0.15, 0.2) is 0 Å². The Morgan fingerprint density at radius 1 is 0.339 bits per heavy atom. The molecule has 0 unspecified atom stereocenters. The molecule has 0 fully saturated rings. The van der Waals surface area contributed by atoms with Crippen LogP contribution in [-0.4, -0.2) is 153 Å². The summed E-state index contributed by atoms with van der Waals surface area (Å²) < 4.78 is 240. The van der Waals surface area contributed by atoms with E-state index in [1.54, 1.807) is 0 Å². The SMILES string of the molecule is CO[Si](CCCC(CCCC(F)(F)COCC(F)(F)OC(F)(F)CC(F)(F)COCC(F)(F)OC(F)(F)F)(CCC[Si](OC)(OC)OC)CCC[Si](OC)(OC)OC)(OC)OC. The Morgan fingerprint density at radius 2 is 0.645 bits per heavy atom. The lowest BCUT2D eigenvalue weighted by Gasteiger charge is -2.37. The number of halogens is 13. The first-order valence-corrected chi connectivity index (χ1v) is 24.7. The lowest BCUT2D eigenvalue weighted by molar-refractivity contribution is -0.432. The van der Waals surface area contributed by atoms with Crippen LogP contribution in [0.3, 0.4) is 0 Å². The van der Waals surface area contributed by atoms with Gasteiger partial charge in [0.25, 0.3) is 11.8 Å². The molecule has 0 aliphatic rings. The highest BCUT2D eigenvalue weighted by Gasteiger charge is 2.52. The smallest absolute Gasteiger partial charge is 0.377 e. The summed E-state index contributed by atoms with van der Waals surface area (Å²) in [5.74, 6) is -8.73. The van der Waals surface area contributed by atoms with E-state index in [1.165, 1.54) is 64.0 Å². The minimum absolute atomic E-state index is 0.156. The molecule has 0 aliphatic heterocycles. The third kappa shape index (κ3) is 23.6. The molecule has 0 aromatic carbocycles. The quantitative estimate of drug-likeness (QED) is 0.0433. The predicted molar refractivity (Wildman–Crippen MR) is 198 cm³/mol. The molecule has 0 aromatic heterocycles. The Hall–Kier alpha value is -0.779. The average molecular weight is 997 g/mol. The molecule has 0 rings (SSSR count). The van der Waals surface area contributed by atoms with Crippen LogP contribution in [0.4, 0.5) is 57.1 Å². The van der Waals surface area contributed by atoms with Crippen molar-refractivity contribution < 1.29 is 116 Å². The monoisotopic (exact) mass is 996 g/mol. The standard InChI is InChI=1S/C33H61F13O13Si3/c1-47-60(48-2,49-3)19-11-15-27(16-12-20-61(50-4,51-5)52-6,17-13-21-62(53-7,54-8)55-9)14-10-18-28(34,35)23-56-25-31(40,41)58-30(38,39)22-29(36,37)24-57-26-32(42,43)59-33(44,45)46/h10-26H2,1-9H3. The lowest BCUT2D eigenvalue weighted by atomic mass is 9.72. The molecule has 29 heteroatoms. The second-order valence-corrected chi connectivity index (χ2v) is 23.5. The zero-order valence-corrected chi connectivity index (χ0v) is 39.2. The topological polar surface area (TPSA) is 120 Å². The lowest BCUT2D eigenvalue weighted by Crippen LogP contribution is -2.43. The highest BCUT2D eigenvalue weighted by atomic mass is 28.4. The summed E-state index contributed by atoms with van der Waals surface area (Å²) >= 11 is 0. The van der Waals surface area contributed by atoms with E-state index in [1.807, 2.05) is 0 Å². The van der Waals surface area contributed by atoms with E-state index < -0.39 is 108 Å². The second-order valence-electron chi connectivity index (χ2n) is 14.2. The molecular formula is C33H61F13O13Si3. The normalized spacial score (nSPS) is 14.6.